The zero-order valence-electron chi connectivity index (χ0n) is 10.7. The van der Waals surface area contributed by atoms with Gasteiger partial charge in [-0.1, -0.05) is 13.8 Å². The van der Waals surface area contributed by atoms with E-state index in [-0.39, 0.29) is 6.04 Å². The molecule has 5 heteroatoms. The first-order valence-electron chi connectivity index (χ1n) is 5.91. The number of hydrogen-bond acceptors (Lipinski definition) is 3. The number of aliphatic imine (C=N–C) groups is 1. The van der Waals surface area contributed by atoms with Gasteiger partial charge >= 0.3 is 0 Å². The Morgan fingerprint density at radius 2 is 2.24 bits per heavy atom. The summed E-state index contributed by atoms with van der Waals surface area (Å²) in [6, 6.07) is 4.05. The summed E-state index contributed by atoms with van der Waals surface area (Å²) >= 11 is 0. The van der Waals surface area contributed by atoms with Gasteiger partial charge in [-0.15, -0.1) is 0 Å². The Hall–Kier alpha value is -1.49. The van der Waals surface area contributed by atoms with Gasteiger partial charge in [0.25, 0.3) is 0 Å². The van der Waals surface area contributed by atoms with Gasteiger partial charge in [0.2, 0.25) is 5.96 Å². The smallest absolute Gasteiger partial charge is 0.205 e. The third-order valence-corrected chi connectivity index (χ3v) is 2.22. The maximum atomic E-state index is 5.41. The number of hydrogen-bond donors (Lipinski definition) is 3. The van der Waals surface area contributed by atoms with Crippen LogP contribution >= 0.6 is 0 Å². The zero-order chi connectivity index (χ0) is 12.7. The van der Waals surface area contributed by atoms with Crippen LogP contribution in [0.4, 0.5) is 0 Å². The molecule has 1 aromatic heterocycles. The van der Waals surface area contributed by atoms with Crippen LogP contribution in [-0.2, 0) is 6.42 Å². The van der Waals surface area contributed by atoms with Crippen molar-refractivity contribution < 1.29 is 4.42 Å². The van der Waals surface area contributed by atoms with Crippen molar-refractivity contribution in [1.29, 1.82) is 0 Å². The molecule has 1 atom stereocenters. The second-order valence-electron chi connectivity index (χ2n) is 4.56. The van der Waals surface area contributed by atoms with Crippen LogP contribution in [0.5, 0.6) is 0 Å². The third-order valence-electron chi connectivity index (χ3n) is 2.22. The van der Waals surface area contributed by atoms with Crippen LogP contribution in [-0.4, -0.2) is 18.5 Å². The van der Waals surface area contributed by atoms with E-state index in [4.69, 9.17) is 10.3 Å². The topological polar surface area (TPSA) is 75.6 Å². The maximum Gasteiger partial charge on any atom is 0.205 e. The molecule has 96 valence electrons. The van der Waals surface area contributed by atoms with Gasteiger partial charge in [0.1, 0.15) is 5.76 Å². The van der Waals surface area contributed by atoms with Gasteiger partial charge in [0, 0.05) is 19.0 Å². The number of nitrogens with two attached hydrogens (primary N) is 1. The lowest BCUT2D eigenvalue weighted by Gasteiger charge is -2.15. The van der Waals surface area contributed by atoms with E-state index in [0.29, 0.717) is 11.9 Å². The number of nitrogens with one attached hydrogen (secondary N) is 2. The largest absolute Gasteiger partial charge is 0.469 e. The molecule has 1 unspecified atom stereocenters. The van der Waals surface area contributed by atoms with Crippen molar-refractivity contribution >= 4 is 5.96 Å². The van der Waals surface area contributed by atoms with Crippen molar-refractivity contribution in [2.24, 2.45) is 16.8 Å². The van der Waals surface area contributed by atoms with Gasteiger partial charge in [0.05, 0.1) is 6.26 Å². The van der Waals surface area contributed by atoms with Crippen molar-refractivity contribution in [2.45, 2.75) is 33.2 Å². The predicted octanol–water partition coefficient (Wildman–Crippen LogP) is 1.28. The molecule has 0 aliphatic rings. The van der Waals surface area contributed by atoms with Crippen LogP contribution in [0.3, 0.4) is 0 Å². The van der Waals surface area contributed by atoms with Crippen molar-refractivity contribution in [3.05, 3.63) is 24.2 Å². The Balaban J connectivity index is 2.42. The molecule has 0 bridgehead atoms. The van der Waals surface area contributed by atoms with Crippen LogP contribution < -0.4 is 16.6 Å². The lowest BCUT2D eigenvalue weighted by molar-refractivity contribution is 0.480. The van der Waals surface area contributed by atoms with Crippen molar-refractivity contribution in [3.63, 3.8) is 0 Å². The maximum absolute atomic E-state index is 5.41. The van der Waals surface area contributed by atoms with Gasteiger partial charge < -0.3 is 9.73 Å². The summed E-state index contributed by atoms with van der Waals surface area (Å²) in [5.74, 6) is 7.50. The summed E-state index contributed by atoms with van der Waals surface area (Å²) in [5.41, 5.74) is 2.58. The minimum Gasteiger partial charge on any atom is -0.469 e. The molecule has 0 aliphatic carbocycles. The lowest BCUT2D eigenvalue weighted by atomic mass is 10.2. The first-order valence-corrected chi connectivity index (χ1v) is 5.91. The van der Waals surface area contributed by atoms with E-state index in [9.17, 15) is 0 Å². The summed E-state index contributed by atoms with van der Waals surface area (Å²) in [4.78, 5) is 4.35. The normalized spacial score (nSPS) is 13.8. The van der Waals surface area contributed by atoms with Gasteiger partial charge in [-0.2, -0.15) is 0 Å². The summed E-state index contributed by atoms with van der Waals surface area (Å²) in [5, 5.41) is 3.21. The Morgan fingerprint density at radius 1 is 1.47 bits per heavy atom. The zero-order valence-corrected chi connectivity index (χ0v) is 10.7. The van der Waals surface area contributed by atoms with E-state index in [0.717, 1.165) is 18.7 Å². The molecule has 1 rings (SSSR count). The molecule has 0 saturated heterocycles. The third kappa shape index (κ3) is 5.40. The van der Waals surface area contributed by atoms with Crippen LogP contribution in [0.2, 0.25) is 0 Å². The molecule has 0 amide bonds. The Labute approximate surface area is 102 Å². The number of nitrogens with zero attached hydrogens (tertiary/aromatic N) is 1. The summed E-state index contributed by atoms with van der Waals surface area (Å²) in [6.07, 6.45) is 2.48. The molecule has 1 heterocycles. The van der Waals surface area contributed by atoms with Crippen LogP contribution in [0.15, 0.2) is 27.8 Å². The molecule has 0 spiro atoms. The Kier molecular flexibility index (Phi) is 5.56. The van der Waals surface area contributed by atoms with E-state index in [1.807, 2.05) is 12.1 Å². The summed E-state index contributed by atoms with van der Waals surface area (Å²) in [6.45, 7) is 7.04. The standard InChI is InChI=1S/C12H22N4O/c1-9(2)8-14-12(16-13)15-10(3)7-11-5-4-6-17-11/h4-6,9-10H,7-8,13H2,1-3H3,(H2,14,15,16). The molecule has 0 radical (unpaired) electrons. The average molecular weight is 238 g/mol. The highest BCUT2D eigenvalue weighted by Gasteiger charge is 2.07. The number of guanidine groups is 1. The van der Waals surface area contributed by atoms with Gasteiger partial charge in [-0.3, -0.25) is 10.4 Å². The first kappa shape index (κ1) is 13.6. The number of hydrazine groups is 1. The molecule has 0 aromatic carbocycles. The highest BCUT2D eigenvalue weighted by molar-refractivity contribution is 5.79. The van der Waals surface area contributed by atoms with E-state index in [1.54, 1.807) is 6.26 Å². The monoisotopic (exact) mass is 238 g/mol. The van der Waals surface area contributed by atoms with E-state index in [1.165, 1.54) is 0 Å². The molecule has 0 fully saturated rings. The number of rotatable bonds is 5. The molecule has 5 nitrogen and oxygen atoms in total. The Bertz CT molecular complexity index is 332. The van der Waals surface area contributed by atoms with Crippen molar-refractivity contribution in [3.8, 4) is 0 Å². The van der Waals surface area contributed by atoms with E-state index < -0.39 is 0 Å². The fraction of sp³-hybridized carbons (Fsp3) is 0.583. The molecular formula is C12H22N4O. The van der Waals surface area contributed by atoms with E-state index in [2.05, 4.69) is 36.5 Å². The average Bonchev–Trinajstić information content (AvgIpc) is 2.76. The molecule has 17 heavy (non-hydrogen) atoms. The van der Waals surface area contributed by atoms with Gasteiger partial charge in [-0.05, 0) is 25.0 Å². The van der Waals surface area contributed by atoms with Gasteiger partial charge in [0.15, 0.2) is 0 Å². The van der Waals surface area contributed by atoms with Crippen LogP contribution in [0.25, 0.3) is 0 Å². The fourth-order valence-electron chi connectivity index (χ4n) is 1.42. The first-order chi connectivity index (χ1) is 8.11. The molecule has 0 saturated carbocycles. The van der Waals surface area contributed by atoms with Crippen LogP contribution in [0.1, 0.15) is 26.5 Å². The van der Waals surface area contributed by atoms with Gasteiger partial charge in [-0.25, -0.2) is 5.84 Å². The fourth-order valence-corrected chi connectivity index (χ4v) is 1.42. The predicted molar refractivity (Wildman–Crippen MR) is 69.5 cm³/mol. The minimum absolute atomic E-state index is 0.211. The number of furan rings is 1. The SMILES string of the molecule is CC(C)CN=C(NN)NC(C)Cc1ccco1. The molecular weight excluding hydrogens is 216 g/mol. The second-order valence-corrected chi connectivity index (χ2v) is 4.56. The highest BCUT2D eigenvalue weighted by Crippen LogP contribution is 2.03. The summed E-state index contributed by atoms with van der Waals surface area (Å²) in [7, 11) is 0. The van der Waals surface area contributed by atoms with Crippen molar-refractivity contribution in [2.75, 3.05) is 6.54 Å². The molecule has 0 aliphatic heterocycles. The summed E-state index contributed by atoms with van der Waals surface area (Å²) < 4.78 is 5.29. The quantitative estimate of drug-likeness (QED) is 0.312. The lowest BCUT2D eigenvalue weighted by Crippen LogP contribution is -2.46. The van der Waals surface area contributed by atoms with E-state index >= 15 is 0 Å². The molecule has 1 aromatic rings. The Morgan fingerprint density at radius 3 is 2.76 bits per heavy atom. The van der Waals surface area contributed by atoms with Crippen molar-refractivity contribution in [1.82, 2.24) is 10.7 Å². The highest BCUT2D eigenvalue weighted by atomic mass is 16.3. The molecule has 4 N–H and O–H groups in total. The second kappa shape index (κ2) is 6.96. The minimum atomic E-state index is 0.211. The van der Waals surface area contributed by atoms with Crippen LogP contribution in [0, 0.1) is 5.92 Å².